The first kappa shape index (κ1) is 13.9. The average Bonchev–Trinajstić information content (AvgIpc) is 2.95. The van der Waals surface area contributed by atoms with E-state index in [1.54, 1.807) is 4.90 Å². The number of nitrogens with zero attached hydrogens (tertiary/aromatic N) is 1. The molecule has 2 aliphatic rings. The molecule has 0 spiro atoms. The Balaban J connectivity index is 1.79. The van der Waals surface area contributed by atoms with Crippen molar-refractivity contribution in [3.8, 4) is 5.75 Å². The fourth-order valence-electron chi connectivity index (χ4n) is 2.73. The molecule has 0 aliphatic carbocycles. The number of hydrogen-bond donors (Lipinski definition) is 1. The van der Waals surface area contributed by atoms with Crippen molar-refractivity contribution in [3.05, 3.63) is 23.8 Å². The second-order valence-electron chi connectivity index (χ2n) is 5.34. The van der Waals surface area contributed by atoms with E-state index in [0.29, 0.717) is 31.7 Å². The van der Waals surface area contributed by atoms with Gasteiger partial charge in [0.1, 0.15) is 18.5 Å². The minimum absolute atomic E-state index is 0.188. The standard InChI is InChI=1S/C15H17NO5/c1-9-2-3-10-13(8-9)20-7-6-16(10)14(17)11-4-5-12(21-11)15(18)19/h2-3,8,11-12H,4-7H2,1H3,(H,18,19)/t11-,12+/m0/s1. The van der Waals surface area contributed by atoms with Crippen LogP contribution in [0, 0.1) is 6.92 Å². The maximum Gasteiger partial charge on any atom is 0.332 e. The number of carbonyl (C=O) groups is 2. The number of benzene rings is 1. The third-order valence-corrected chi connectivity index (χ3v) is 3.82. The molecule has 2 atom stereocenters. The van der Waals surface area contributed by atoms with Crippen LogP contribution in [0.25, 0.3) is 0 Å². The molecule has 1 fully saturated rings. The van der Waals surface area contributed by atoms with Gasteiger partial charge in [-0.15, -0.1) is 0 Å². The Labute approximate surface area is 122 Å². The summed E-state index contributed by atoms with van der Waals surface area (Å²) in [5.41, 5.74) is 1.78. The van der Waals surface area contributed by atoms with Crippen molar-refractivity contribution >= 4 is 17.6 Å². The number of ether oxygens (including phenoxy) is 2. The van der Waals surface area contributed by atoms with Crippen LogP contribution in [0.2, 0.25) is 0 Å². The lowest BCUT2D eigenvalue weighted by atomic mass is 10.1. The number of aliphatic carboxylic acids is 1. The van der Waals surface area contributed by atoms with Crippen LogP contribution in [0.3, 0.4) is 0 Å². The van der Waals surface area contributed by atoms with Gasteiger partial charge in [-0.2, -0.15) is 0 Å². The van der Waals surface area contributed by atoms with Crippen molar-refractivity contribution in [1.29, 1.82) is 0 Å². The number of hydrogen-bond acceptors (Lipinski definition) is 4. The van der Waals surface area contributed by atoms with Crippen LogP contribution in [0.4, 0.5) is 5.69 Å². The van der Waals surface area contributed by atoms with E-state index in [1.807, 2.05) is 25.1 Å². The molecule has 0 bridgehead atoms. The summed E-state index contributed by atoms with van der Waals surface area (Å²) in [6.07, 6.45) is -0.749. The van der Waals surface area contributed by atoms with Gasteiger partial charge in [-0.05, 0) is 37.5 Å². The topological polar surface area (TPSA) is 76.1 Å². The van der Waals surface area contributed by atoms with E-state index in [4.69, 9.17) is 14.6 Å². The molecule has 1 saturated heterocycles. The summed E-state index contributed by atoms with van der Waals surface area (Å²) in [4.78, 5) is 25.1. The molecule has 2 heterocycles. The lowest BCUT2D eigenvalue weighted by molar-refractivity contribution is -0.151. The number of anilines is 1. The first-order valence-corrected chi connectivity index (χ1v) is 6.99. The largest absolute Gasteiger partial charge is 0.490 e. The van der Waals surface area contributed by atoms with Crippen LogP contribution in [0.1, 0.15) is 18.4 Å². The van der Waals surface area contributed by atoms with E-state index in [0.717, 1.165) is 11.3 Å². The Hall–Kier alpha value is -2.08. The molecule has 1 amide bonds. The Morgan fingerprint density at radius 1 is 1.29 bits per heavy atom. The number of carboxylic acids is 1. The second kappa shape index (κ2) is 5.37. The Kier molecular flexibility index (Phi) is 3.55. The molecular weight excluding hydrogens is 274 g/mol. The van der Waals surface area contributed by atoms with Crippen LogP contribution in [-0.2, 0) is 14.3 Å². The van der Waals surface area contributed by atoms with Crippen LogP contribution in [0.15, 0.2) is 18.2 Å². The molecule has 0 radical (unpaired) electrons. The molecule has 21 heavy (non-hydrogen) atoms. The van der Waals surface area contributed by atoms with Gasteiger partial charge in [0.05, 0.1) is 12.2 Å². The zero-order valence-corrected chi connectivity index (χ0v) is 11.7. The highest BCUT2D eigenvalue weighted by atomic mass is 16.5. The monoisotopic (exact) mass is 291 g/mol. The third kappa shape index (κ3) is 2.58. The number of carboxylic acid groups (broad SMARTS) is 1. The molecular formula is C15H17NO5. The van der Waals surface area contributed by atoms with Crippen LogP contribution in [-0.4, -0.2) is 42.3 Å². The number of amides is 1. The molecule has 0 saturated carbocycles. The minimum atomic E-state index is -1.01. The van der Waals surface area contributed by atoms with Crippen LogP contribution in [0.5, 0.6) is 5.75 Å². The Morgan fingerprint density at radius 2 is 2.05 bits per heavy atom. The van der Waals surface area contributed by atoms with Gasteiger partial charge < -0.3 is 19.5 Å². The number of rotatable bonds is 2. The molecule has 3 rings (SSSR count). The summed E-state index contributed by atoms with van der Waals surface area (Å²) in [5, 5.41) is 8.94. The van der Waals surface area contributed by atoms with Crippen molar-refractivity contribution in [2.75, 3.05) is 18.1 Å². The molecule has 0 aromatic heterocycles. The summed E-state index contributed by atoms with van der Waals surface area (Å²) in [7, 11) is 0. The van der Waals surface area contributed by atoms with Gasteiger partial charge in [0.15, 0.2) is 6.10 Å². The molecule has 112 valence electrons. The summed E-state index contributed by atoms with van der Waals surface area (Å²) in [6, 6.07) is 5.67. The van der Waals surface area contributed by atoms with E-state index in [2.05, 4.69) is 0 Å². The van der Waals surface area contributed by atoms with E-state index in [9.17, 15) is 9.59 Å². The molecule has 6 heteroatoms. The second-order valence-corrected chi connectivity index (χ2v) is 5.34. The highest BCUT2D eigenvalue weighted by Crippen LogP contribution is 2.34. The highest BCUT2D eigenvalue weighted by Gasteiger charge is 2.38. The first-order chi connectivity index (χ1) is 10.1. The quantitative estimate of drug-likeness (QED) is 0.890. The summed E-state index contributed by atoms with van der Waals surface area (Å²) < 4.78 is 10.9. The van der Waals surface area contributed by atoms with Gasteiger partial charge in [0.2, 0.25) is 0 Å². The van der Waals surface area contributed by atoms with Gasteiger partial charge in [-0.3, -0.25) is 4.79 Å². The molecule has 1 aromatic carbocycles. The van der Waals surface area contributed by atoms with E-state index in [-0.39, 0.29) is 5.91 Å². The summed E-state index contributed by atoms with van der Waals surface area (Å²) >= 11 is 0. The van der Waals surface area contributed by atoms with Gasteiger partial charge in [-0.25, -0.2) is 4.79 Å². The van der Waals surface area contributed by atoms with Crippen molar-refractivity contribution in [3.63, 3.8) is 0 Å². The van der Waals surface area contributed by atoms with Crippen LogP contribution >= 0.6 is 0 Å². The van der Waals surface area contributed by atoms with Crippen molar-refractivity contribution < 1.29 is 24.2 Å². The predicted molar refractivity (Wildman–Crippen MR) is 74.6 cm³/mol. The van der Waals surface area contributed by atoms with Gasteiger partial charge in [0.25, 0.3) is 5.91 Å². The molecule has 1 aromatic rings. The summed E-state index contributed by atoms with van der Waals surface area (Å²) in [6.45, 7) is 2.84. The average molecular weight is 291 g/mol. The molecule has 6 nitrogen and oxygen atoms in total. The maximum absolute atomic E-state index is 12.6. The number of carbonyl (C=O) groups excluding carboxylic acids is 1. The van der Waals surface area contributed by atoms with E-state index >= 15 is 0 Å². The van der Waals surface area contributed by atoms with Gasteiger partial charge in [-0.1, -0.05) is 6.07 Å². The van der Waals surface area contributed by atoms with Gasteiger partial charge >= 0.3 is 5.97 Å². The van der Waals surface area contributed by atoms with Crippen molar-refractivity contribution in [2.45, 2.75) is 32.0 Å². The van der Waals surface area contributed by atoms with E-state index < -0.39 is 18.2 Å². The predicted octanol–water partition coefficient (Wildman–Crippen LogP) is 1.35. The molecule has 1 N–H and O–H groups in total. The zero-order chi connectivity index (χ0) is 15.0. The highest BCUT2D eigenvalue weighted by molar-refractivity contribution is 5.98. The number of aryl methyl sites for hydroxylation is 1. The van der Waals surface area contributed by atoms with Crippen molar-refractivity contribution in [1.82, 2.24) is 0 Å². The van der Waals surface area contributed by atoms with Crippen molar-refractivity contribution in [2.24, 2.45) is 0 Å². The van der Waals surface area contributed by atoms with Gasteiger partial charge in [0, 0.05) is 0 Å². The fourth-order valence-corrected chi connectivity index (χ4v) is 2.73. The lowest BCUT2D eigenvalue weighted by Gasteiger charge is -2.31. The maximum atomic E-state index is 12.6. The fraction of sp³-hybridized carbons (Fsp3) is 0.467. The number of fused-ring (bicyclic) bond motifs is 1. The van der Waals surface area contributed by atoms with E-state index in [1.165, 1.54) is 0 Å². The van der Waals surface area contributed by atoms with Crippen LogP contribution < -0.4 is 9.64 Å². The Bertz CT molecular complexity index is 585. The molecule has 0 unspecified atom stereocenters. The lowest BCUT2D eigenvalue weighted by Crippen LogP contribution is -2.44. The smallest absolute Gasteiger partial charge is 0.332 e. The first-order valence-electron chi connectivity index (χ1n) is 6.99. The normalized spacial score (nSPS) is 24.3. The third-order valence-electron chi connectivity index (χ3n) is 3.82. The minimum Gasteiger partial charge on any atom is -0.490 e. The zero-order valence-electron chi connectivity index (χ0n) is 11.7. The molecule has 2 aliphatic heterocycles. The SMILES string of the molecule is Cc1ccc2c(c1)OCCN2C(=O)[C@@H]1CC[C@H](C(=O)O)O1. The Morgan fingerprint density at radius 3 is 2.76 bits per heavy atom. The summed E-state index contributed by atoms with van der Waals surface area (Å²) in [5.74, 6) is -0.516.